The van der Waals surface area contributed by atoms with Crippen molar-refractivity contribution in [2.24, 2.45) is 4.99 Å². The van der Waals surface area contributed by atoms with Gasteiger partial charge >= 0.3 is 0 Å². The van der Waals surface area contributed by atoms with Gasteiger partial charge in [0.15, 0.2) is 5.82 Å². The van der Waals surface area contributed by atoms with Gasteiger partial charge in [-0.2, -0.15) is 0 Å². The summed E-state index contributed by atoms with van der Waals surface area (Å²) in [5.74, 6) is 0.870. The van der Waals surface area contributed by atoms with Gasteiger partial charge < -0.3 is 0 Å². The van der Waals surface area contributed by atoms with Gasteiger partial charge in [0.2, 0.25) is 0 Å². The quantitative estimate of drug-likeness (QED) is 0.673. The summed E-state index contributed by atoms with van der Waals surface area (Å²) in [5, 5.41) is 1.12. The molecule has 0 saturated heterocycles. The fourth-order valence-corrected chi connectivity index (χ4v) is 2.25. The zero-order valence-corrected chi connectivity index (χ0v) is 10.3. The molecule has 1 aromatic rings. The first-order chi connectivity index (χ1) is 6.61. The second-order valence-electron chi connectivity index (χ2n) is 3.61. The molecule has 2 nitrogen and oxygen atoms in total. The van der Waals surface area contributed by atoms with Crippen molar-refractivity contribution in [2.45, 2.75) is 25.4 Å². The first-order valence-corrected chi connectivity index (χ1v) is 6.03. The summed E-state index contributed by atoms with van der Waals surface area (Å²) in [6.07, 6.45) is 7.18. The zero-order chi connectivity index (χ0) is 10.2. The molecule has 14 heavy (non-hydrogen) atoms. The van der Waals surface area contributed by atoms with Crippen molar-refractivity contribution < 1.29 is 0 Å². The van der Waals surface area contributed by atoms with E-state index >= 15 is 0 Å². The first kappa shape index (κ1) is 10.0. The Morgan fingerprint density at radius 2 is 2.36 bits per heavy atom. The molecular weight excluding hydrogens is 211 g/mol. The first-order valence-electron chi connectivity index (χ1n) is 4.64. The Morgan fingerprint density at radius 1 is 1.57 bits per heavy atom. The van der Waals surface area contributed by atoms with Gasteiger partial charge in [-0.05, 0) is 19.4 Å². The third-order valence-electron chi connectivity index (χ3n) is 2.04. The molecule has 1 aliphatic rings. The number of hydrogen-bond acceptors (Lipinski definition) is 3. The molecule has 2 rings (SSSR count). The molecule has 1 aromatic heterocycles. The van der Waals surface area contributed by atoms with Crippen molar-refractivity contribution in [1.82, 2.24) is 4.98 Å². The predicted octanol–water partition coefficient (Wildman–Crippen LogP) is 3.07. The van der Waals surface area contributed by atoms with Gasteiger partial charge in [-0.3, -0.25) is 0 Å². The molecule has 0 aromatic carbocycles. The molecule has 0 spiro atoms. The Kier molecular flexibility index (Phi) is 2.54. The van der Waals surface area contributed by atoms with Crippen LogP contribution in [0.15, 0.2) is 11.1 Å². The van der Waals surface area contributed by atoms with Gasteiger partial charge in [0.25, 0.3) is 0 Å². The van der Waals surface area contributed by atoms with Gasteiger partial charge in [-0.1, -0.05) is 13.0 Å². The maximum atomic E-state index is 4.45. The second-order valence-corrected chi connectivity index (χ2v) is 5.97. The van der Waals surface area contributed by atoms with Gasteiger partial charge in [0, 0.05) is 11.4 Å². The molecule has 0 fully saturated rings. The maximum Gasteiger partial charge on any atom is 0.170 e. The zero-order valence-electron chi connectivity index (χ0n) is 8.32. The molecule has 0 saturated carbocycles. The summed E-state index contributed by atoms with van der Waals surface area (Å²) in [6, 6.07) is 0. The third-order valence-corrected chi connectivity index (χ3v) is 3.54. The summed E-state index contributed by atoms with van der Waals surface area (Å²) >= 11 is 1.73. The number of nitrogens with zero attached hydrogens (tertiary/aromatic N) is 2. The largest absolute Gasteiger partial charge is 0.239 e. The lowest BCUT2D eigenvalue weighted by atomic mass is 10.2. The number of rotatable bonds is 1. The lowest BCUT2D eigenvalue weighted by Crippen LogP contribution is -2.11. The van der Waals surface area contributed by atoms with Crippen LogP contribution in [0.3, 0.4) is 0 Å². The molecule has 2 unspecified atom stereocenters. The molecular formula is C10H13N2PS. The van der Waals surface area contributed by atoms with E-state index in [2.05, 4.69) is 45.2 Å². The van der Waals surface area contributed by atoms with Crippen LogP contribution in [-0.2, 0) is 6.42 Å². The normalized spacial score (nSPS) is 24.8. The fraction of sp³-hybridized carbons (Fsp3) is 0.400. The van der Waals surface area contributed by atoms with Crippen LogP contribution in [-0.4, -0.2) is 16.4 Å². The number of allylic oxidation sites excluding steroid dienone is 1. The SMILES string of the molecule is CCc1nc2c(s1)C=CC(C)(P)C=N2. The number of aliphatic imine (C=N–C) groups is 1. The molecule has 0 aliphatic carbocycles. The molecule has 4 heteroatoms. The Labute approximate surface area is 90.4 Å². The van der Waals surface area contributed by atoms with E-state index in [4.69, 9.17) is 0 Å². The molecule has 1 aliphatic heterocycles. The van der Waals surface area contributed by atoms with Crippen LogP contribution in [0.5, 0.6) is 0 Å². The van der Waals surface area contributed by atoms with Crippen LogP contribution in [0.4, 0.5) is 5.82 Å². The lowest BCUT2D eigenvalue weighted by Gasteiger charge is -2.10. The van der Waals surface area contributed by atoms with E-state index < -0.39 is 0 Å². The van der Waals surface area contributed by atoms with Crippen molar-refractivity contribution >= 4 is 38.7 Å². The molecule has 74 valence electrons. The highest BCUT2D eigenvalue weighted by Gasteiger charge is 2.16. The fourth-order valence-electron chi connectivity index (χ4n) is 1.22. The van der Waals surface area contributed by atoms with Gasteiger partial charge in [-0.15, -0.1) is 20.6 Å². The van der Waals surface area contributed by atoms with E-state index in [1.54, 1.807) is 11.3 Å². The van der Waals surface area contributed by atoms with Crippen molar-refractivity contribution in [2.75, 3.05) is 0 Å². The summed E-state index contributed by atoms with van der Waals surface area (Å²) in [6.45, 7) is 4.22. The van der Waals surface area contributed by atoms with Gasteiger partial charge in [0.05, 0.1) is 9.88 Å². The topological polar surface area (TPSA) is 25.2 Å². The molecule has 2 atom stereocenters. The average Bonchev–Trinajstić information content (AvgIpc) is 2.49. The standard InChI is InChI=1S/C10H13N2PS/c1-3-8-12-9-7(14-8)4-5-10(2,13)6-11-9/h4-6H,3,13H2,1-2H3. The van der Waals surface area contributed by atoms with E-state index in [0.29, 0.717) is 0 Å². The highest BCUT2D eigenvalue weighted by molar-refractivity contribution is 7.21. The van der Waals surface area contributed by atoms with E-state index in [1.165, 1.54) is 4.88 Å². The minimum absolute atomic E-state index is 0.0349. The van der Waals surface area contributed by atoms with Crippen LogP contribution >= 0.6 is 20.6 Å². The number of aromatic nitrogens is 1. The summed E-state index contributed by atoms with van der Waals surface area (Å²) < 4.78 is 0. The monoisotopic (exact) mass is 224 g/mol. The third kappa shape index (κ3) is 1.94. The average molecular weight is 224 g/mol. The van der Waals surface area contributed by atoms with E-state index in [-0.39, 0.29) is 5.16 Å². The van der Waals surface area contributed by atoms with Crippen molar-refractivity contribution in [3.8, 4) is 0 Å². The van der Waals surface area contributed by atoms with Crippen molar-refractivity contribution in [3.05, 3.63) is 16.0 Å². The van der Waals surface area contributed by atoms with Gasteiger partial charge in [-0.25, -0.2) is 9.98 Å². The van der Waals surface area contributed by atoms with Crippen LogP contribution in [0.2, 0.25) is 0 Å². The van der Waals surface area contributed by atoms with Crippen LogP contribution < -0.4 is 0 Å². The van der Waals surface area contributed by atoms with Crippen molar-refractivity contribution in [3.63, 3.8) is 0 Å². The molecule has 0 radical (unpaired) electrons. The summed E-state index contributed by atoms with van der Waals surface area (Å²) in [7, 11) is 2.77. The van der Waals surface area contributed by atoms with Crippen molar-refractivity contribution in [1.29, 1.82) is 0 Å². The van der Waals surface area contributed by atoms with E-state index in [9.17, 15) is 0 Å². The minimum Gasteiger partial charge on any atom is -0.239 e. The second kappa shape index (κ2) is 3.56. The smallest absolute Gasteiger partial charge is 0.170 e. The molecule has 0 N–H and O–H groups in total. The van der Waals surface area contributed by atoms with E-state index in [0.717, 1.165) is 17.2 Å². The Bertz CT molecular complexity index is 371. The predicted molar refractivity (Wildman–Crippen MR) is 66.8 cm³/mol. The molecule has 2 heterocycles. The molecule has 0 amide bonds. The minimum atomic E-state index is -0.0349. The Morgan fingerprint density at radius 3 is 3.07 bits per heavy atom. The number of aryl methyl sites for hydroxylation is 1. The van der Waals surface area contributed by atoms with Gasteiger partial charge in [0.1, 0.15) is 0 Å². The number of fused-ring (bicyclic) bond motifs is 1. The highest BCUT2D eigenvalue weighted by Crippen LogP contribution is 2.32. The highest BCUT2D eigenvalue weighted by atomic mass is 32.1. The van der Waals surface area contributed by atoms with Crippen LogP contribution in [0.1, 0.15) is 23.7 Å². The lowest BCUT2D eigenvalue weighted by molar-refractivity contribution is 1.08. The number of hydrogen-bond donors (Lipinski definition) is 0. The summed E-state index contributed by atoms with van der Waals surface area (Å²) in [5.41, 5.74) is 0. The maximum absolute atomic E-state index is 4.45. The number of thiazole rings is 1. The van der Waals surface area contributed by atoms with E-state index in [1.807, 2.05) is 6.21 Å². The van der Waals surface area contributed by atoms with Crippen LogP contribution in [0, 0.1) is 0 Å². The summed E-state index contributed by atoms with van der Waals surface area (Å²) in [4.78, 5) is 10.0. The Balaban J connectivity index is 2.44. The van der Waals surface area contributed by atoms with Crippen LogP contribution in [0.25, 0.3) is 6.08 Å². The molecule has 0 bridgehead atoms. The Hall–Kier alpha value is -0.530.